The average Bonchev–Trinajstić information content (AvgIpc) is 4.48. The first-order valence-electron chi connectivity index (χ1n) is 26.4. The van der Waals surface area contributed by atoms with Crippen LogP contribution in [0.4, 0.5) is 0 Å². The van der Waals surface area contributed by atoms with E-state index >= 15 is 0 Å². The summed E-state index contributed by atoms with van der Waals surface area (Å²) in [5.74, 6) is 0. The normalized spacial score (nSPS) is 12.2. The van der Waals surface area contributed by atoms with Gasteiger partial charge in [0.05, 0.1) is 22.1 Å². The second kappa shape index (κ2) is 17.3. The molecule has 0 fully saturated rings. The number of hydrogen-bond acceptors (Lipinski definition) is 2. The number of benzene rings is 12. The van der Waals surface area contributed by atoms with Crippen LogP contribution in [0.25, 0.3) is 119 Å². The molecule has 0 saturated heterocycles. The molecule has 0 unspecified atom stereocenters. The van der Waals surface area contributed by atoms with Gasteiger partial charge in [0.25, 0.3) is 0 Å². The third-order valence-electron chi connectivity index (χ3n) is 16.3. The summed E-state index contributed by atoms with van der Waals surface area (Å²) in [6.07, 6.45) is 0. The van der Waals surface area contributed by atoms with Gasteiger partial charge in [-0.15, -0.1) is 11.3 Å². The van der Waals surface area contributed by atoms with E-state index in [1.807, 2.05) is 11.3 Å². The summed E-state index contributed by atoms with van der Waals surface area (Å²) < 4.78 is 14.6. The molecule has 0 aliphatic carbocycles. The van der Waals surface area contributed by atoms with Crippen molar-refractivity contribution in [1.29, 1.82) is 0 Å². The van der Waals surface area contributed by atoms with Crippen LogP contribution in [0.5, 0.6) is 0 Å². The van der Waals surface area contributed by atoms with Crippen LogP contribution in [-0.4, -0.2) is 17.2 Å². The van der Waals surface area contributed by atoms with E-state index in [2.05, 4.69) is 288 Å². The van der Waals surface area contributed by atoms with Crippen molar-refractivity contribution in [3.8, 4) is 33.6 Å². The topological polar surface area (TPSA) is 23.0 Å². The molecule has 0 bridgehead atoms. The Kier molecular flexibility index (Phi) is 9.83. The third kappa shape index (κ3) is 6.61. The Morgan fingerprint density at radius 1 is 0.299 bits per heavy atom. The van der Waals surface area contributed by atoms with Crippen LogP contribution in [0.1, 0.15) is 0 Å². The predicted octanol–water partition coefficient (Wildman–Crippen LogP) is 16.9. The number of furan rings is 1. The molecule has 16 aromatic rings. The van der Waals surface area contributed by atoms with Crippen molar-refractivity contribution in [2.75, 3.05) is 0 Å². The lowest BCUT2D eigenvalue weighted by molar-refractivity contribution is 0.671. The van der Waals surface area contributed by atoms with Crippen LogP contribution in [0.15, 0.2) is 283 Å². The predicted molar refractivity (Wildman–Crippen MR) is 330 cm³/mol. The van der Waals surface area contributed by atoms with E-state index in [9.17, 15) is 0 Å². The minimum absolute atomic E-state index is 0.886. The van der Waals surface area contributed by atoms with Gasteiger partial charge in [-0.25, -0.2) is 0 Å². The van der Waals surface area contributed by atoms with E-state index in [1.165, 1.54) is 107 Å². The molecule has 0 aliphatic heterocycles. The summed E-state index contributed by atoms with van der Waals surface area (Å²) in [5.41, 5.74) is 13.7. The monoisotopic (exact) mass is 1010 g/mol. The van der Waals surface area contributed by atoms with Crippen molar-refractivity contribution >= 4 is 126 Å². The minimum Gasteiger partial charge on any atom is -0.456 e. The smallest absolute Gasteiger partial charge is 0.185 e. The summed E-state index contributed by atoms with van der Waals surface area (Å²) in [4.78, 5) is 0. The largest absolute Gasteiger partial charge is 0.456 e. The maximum atomic E-state index is 7.28. The van der Waals surface area contributed by atoms with Gasteiger partial charge in [-0.3, -0.25) is 0 Å². The van der Waals surface area contributed by atoms with Crippen molar-refractivity contribution in [1.82, 2.24) is 9.13 Å². The van der Waals surface area contributed by atoms with Gasteiger partial charge in [-0.2, -0.15) is 0 Å². The summed E-state index contributed by atoms with van der Waals surface area (Å²) in [6.45, 7) is 0. The minimum atomic E-state index is -3.16. The van der Waals surface area contributed by atoms with E-state index in [0.717, 1.165) is 33.2 Å². The van der Waals surface area contributed by atoms with Gasteiger partial charge in [-0.05, 0) is 128 Å². The lowest BCUT2D eigenvalue weighted by Crippen LogP contribution is -2.74. The molecule has 12 aromatic carbocycles. The van der Waals surface area contributed by atoms with Crippen molar-refractivity contribution < 1.29 is 4.42 Å². The van der Waals surface area contributed by atoms with E-state index in [0.29, 0.717) is 0 Å². The zero-order chi connectivity index (χ0) is 50.6. The quantitative estimate of drug-likeness (QED) is 0.110. The molecule has 0 spiro atoms. The van der Waals surface area contributed by atoms with E-state index in [1.54, 1.807) is 0 Å². The maximum Gasteiger partial charge on any atom is 0.185 e. The summed E-state index contributed by atoms with van der Waals surface area (Å²) in [7, 11) is -3.16. The number of thiophene rings is 1. The Morgan fingerprint density at radius 2 is 0.727 bits per heavy atom. The Balaban J connectivity index is 0.878. The summed E-state index contributed by atoms with van der Waals surface area (Å²) >= 11 is 1.92. The first-order chi connectivity index (χ1) is 38.2. The Hall–Kier alpha value is -9.52. The summed E-state index contributed by atoms with van der Waals surface area (Å²) in [5, 5.41) is 15.0. The highest BCUT2D eigenvalue weighted by atomic mass is 32.1. The van der Waals surface area contributed by atoms with Crippen LogP contribution in [-0.2, 0) is 0 Å². The van der Waals surface area contributed by atoms with Gasteiger partial charge >= 0.3 is 0 Å². The van der Waals surface area contributed by atoms with Crippen LogP contribution < -0.4 is 20.7 Å². The first kappa shape index (κ1) is 43.8. The second-order valence-corrected chi connectivity index (χ2v) is 25.1. The van der Waals surface area contributed by atoms with Crippen molar-refractivity contribution in [2.24, 2.45) is 0 Å². The fourth-order valence-corrected chi connectivity index (χ4v) is 19.5. The van der Waals surface area contributed by atoms with Crippen LogP contribution in [0.3, 0.4) is 0 Å². The molecule has 0 aliphatic rings. The van der Waals surface area contributed by atoms with Gasteiger partial charge in [0, 0.05) is 63.9 Å². The number of nitrogens with zero attached hydrogens (tertiary/aromatic N) is 2. The average molecular weight is 1020 g/mol. The molecule has 5 heteroatoms. The maximum absolute atomic E-state index is 7.28. The molecule has 360 valence electrons. The van der Waals surface area contributed by atoms with E-state index in [-0.39, 0.29) is 0 Å². The zero-order valence-electron chi connectivity index (χ0n) is 41.8. The highest BCUT2D eigenvalue weighted by Gasteiger charge is 2.45. The third-order valence-corrected chi connectivity index (χ3v) is 22.5. The van der Waals surface area contributed by atoms with Gasteiger partial charge in [0.15, 0.2) is 8.07 Å². The molecule has 0 radical (unpaired) electrons. The fraction of sp³-hybridized carbons (Fsp3) is 0. The highest BCUT2D eigenvalue weighted by Crippen LogP contribution is 2.41. The molecule has 77 heavy (non-hydrogen) atoms. The molecule has 0 saturated carbocycles. The van der Waals surface area contributed by atoms with Crippen LogP contribution >= 0.6 is 11.3 Å². The van der Waals surface area contributed by atoms with Gasteiger partial charge in [0.1, 0.15) is 11.2 Å². The molecule has 4 aromatic heterocycles. The Morgan fingerprint density at radius 3 is 1.30 bits per heavy atom. The molecule has 4 heterocycles. The van der Waals surface area contributed by atoms with Gasteiger partial charge in [-0.1, -0.05) is 194 Å². The lowest BCUT2D eigenvalue weighted by atomic mass is 10.0. The molecule has 0 atom stereocenters. The van der Waals surface area contributed by atoms with Crippen molar-refractivity contribution in [3.05, 3.63) is 279 Å². The highest BCUT2D eigenvalue weighted by molar-refractivity contribution is 7.31. The van der Waals surface area contributed by atoms with E-state index < -0.39 is 8.07 Å². The van der Waals surface area contributed by atoms with Crippen molar-refractivity contribution in [3.63, 3.8) is 0 Å². The van der Waals surface area contributed by atoms with Gasteiger partial charge < -0.3 is 13.6 Å². The molecule has 0 amide bonds. The molecule has 16 rings (SSSR count). The second-order valence-electron chi connectivity index (χ2n) is 20.3. The number of fused-ring (bicyclic) bond motifs is 12. The van der Waals surface area contributed by atoms with Crippen LogP contribution in [0, 0.1) is 0 Å². The molecule has 3 nitrogen and oxygen atoms in total. The zero-order valence-corrected chi connectivity index (χ0v) is 43.6. The number of para-hydroxylation sites is 5. The number of aromatic nitrogens is 2. The Labute approximate surface area is 449 Å². The number of hydrogen-bond donors (Lipinski definition) is 0. The fourth-order valence-electron chi connectivity index (χ4n) is 12.9. The standard InChI is InChI=1S/C72H46N2OSSi/c1-5-19-51(20-6-1)73-63-31-15-13-27-55(63)59-43-47(35-39-65(59)73)49-37-41-67-61(45-49)57-29-17-33-69(71(57)75-67)77(53-23-9-3-10-24-53,54-25-11-4-12-26-54)70-34-18-30-58-62-46-50(38-42-68(62)76-72(58)70)48-36-40-66-60(44-48)56-28-14-16-32-64(56)74(66)52-21-7-2-8-22-52/h1-46H. The number of rotatable bonds is 8. The molecule has 0 N–H and O–H groups in total. The van der Waals surface area contributed by atoms with Crippen molar-refractivity contribution in [2.45, 2.75) is 0 Å². The Bertz CT molecular complexity index is 4660. The molecular formula is C72H46N2OSSi. The molecular weight excluding hydrogens is 969 g/mol. The van der Waals surface area contributed by atoms with E-state index in [4.69, 9.17) is 4.42 Å². The first-order valence-corrected chi connectivity index (χ1v) is 29.2. The summed E-state index contributed by atoms with van der Waals surface area (Å²) in [6, 6.07) is 103. The van der Waals surface area contributed by atoms with Gasteiger partial charge in [0.2, 0.25) is 0 Å². The lowest BCUT2D eigenvalue weighted by Gasteiger charge is -2.34. The SMILES string of the molecule is c1ccc(-n2c3ccccc3c3cc(-c4ccc5oc6c([Si](c7ccccc7)(c7ccccc7)c7cccc8c7sc7ccc(-c9ccc%10c(c9)c9ccccc9n%10-c9ccccc9)cc78)cccc6c5c4)ccc32)cc1. The van der Waals surface area contributed by atoms with Crippen LogP contribution in [0.2, 0.25) is 0 Å².